The Labute approximate surface area is 156 Å². The monoisotopic (exact) mass is 409 g/mol. The van der Waals surface area contributed by atoms with Gasteiger partial charge in [-0.2, -0.15) is 0 Å². The third-order valence-corrected chi connectivity index (χ3v) is 5.25. The molecule has 2 amide bonds. The highest BCUT2D eigenvalue weighted by Crippen LogP contribution is 2.29. The average molecular weight is 410 g/mol. The number of piperidine rings is 1. The van der Waals surface area contributed by atoms with Gasteiger partial charge in [-0.05, 0) is 66.6 Å². The van der Waals surface area contributed by atoms with E-state index in [2.05, 4.69) is 26.2 Å². The Morgan fingerprint density at radius 2 is 2.04 bits per heavy atom. The molecule has 0 bridgehead atoms. The summed E-state index contributed by atoms with van der Waals surface area (Å²) in [5, 5.41) is 2.85. The summed E-state index contributed by atoms with van der Waals surface area (Å²) in [5.41, 5.74) is 0. The van der Waals surface area contributed by atoms with Crippen molar-refractivity contribution < 1.29 is 14.3 Å². The molecular weight excluding hydrogens is 386 g/mol. The summed E-state index contributed by atoms with van der Waals surface area (Å²) in [7, 11) is 0. The summed E-state index contributed by atoms with van der Waals surface area (Å²) in [4.78, 5) is 30.8. The maximum Gasteiger partial charge on any atom is 0.251 e. The van der Waals surface area contributed by atoms with Gasteiger partial charge in [0.2, 0.25) is 5.91 Å². The Morgan fingerprint density at radius 1 is 1.32 bits per heavy atom. The Kier molecular flexibility index (Phi) is 6.06. The number of anilines is 1. The zero-order chi connectivity index (χ0) is 17.8. The zero-order valence-corrected chi connectivity index (χ0v) is 16.0. The van der Waals surface area contributed by atoms with E-state index in [9.17, 15) is 9.59 Å². The molecular formula is C18H24BrN3O3. The smallest absolute Gasteiger partial charge is 0.251 e. The minimum absolute atomic E-state index is 0.0278. The van der Waals surface area contributed by atoms with E-state index in [1.165, 1.54) is 12.8 Å². The van der Waals surface area contributed by atoms with Crippen molar-refractivity contribution in [3.8, 4) is 0 Å². The summed E-state index contributed by atoms with van der Waals surface area (Å²) in [6, 6.07) is 3.60. The molecule has 25 heavy (non-hydrogen) atoms. The van der Waals surface area contributed by atoms with E-state index in [1.54, 1.807) is 12.3 Å². The van der Waals surface area contributed by atoms with Crippen LogP contribution in [-0.2, 0) is 14.3 Å². The highest BCUT2D eigenvalue weighted by atomic mass is 79.9. The molecule has 2 aliphatic rings. The van der Waals surface area contributed by atoms with Crippen molar-refractivity contribution in [3.05, 3.63) is 22.8 Å². The van der Waals surface area contributed by atoms with Crippen molar-refractivity contribution >= 4 is 33.6 Å². The van der Waals surface area contributed by atoms with Gasteiger partial charge in [-0.25, -0.2) is 4.98 Å². The van der Waals surface area contributed by atoms with Crippen molar-refractivity contribution in [2.75, 3.05) is 25.0 Å². The SMILES string of the molecule is CC(OCC1CC1)C(=O)N1CCC(C(=O)Nc2ccc(Br)cn2)CC1. The van der Waals surface area contributed by atoms with Crippen LogP contribution in [0.4, 0.5) is 5.82 Å². The fourth-order valence-electron chi connectivity index (χ4n) is 2.93. The molecule has 1 saturated carbocycles. The Bertz CT molecular complexity index is 610. The number of carbonyl (C=O) groups is 2. The standard InChI is InChI=1S/C18H24BrN3O3/c1-12(25-11-13-2-3-13)18(24)22-8-6-14(7-9-22)17(23)21-16-5-4-15(19)10-20-16/h4-5,10,12-14H,2-3,6-9,11H2,1H3,(H,20,21,23). The van der Waals surface area contributed by atoms with Crippen LogP contribution < -0.4 is 5.32 Å². The van der Waals surface area contributed by atoms with E-state index in [-0.39, 0.29) is 17.7 Å². The number of halogens is 1. The van der Waals surface area contributed by atoms with Crippen molar-refractivity contribution in [3.63, 3.8) is 0 Å². The first-order valence-electron chi connectivity index (χ1n) is 8.85. The number of hydrogen-bond donors (Lipinski definition) is 1. The number of likely N-dealkylation sites (tertiary alicyclic amines) is 1. The number of ether oxygens (including phenoxy) is 1. The lowest BCUT2D eigenvalue weighted by Gasteiger charge is -2.32. The lowest BCUT2D eigenvalue weighted by molar-refractivity contribution is -0.145. The third kappa shape index (κ3) is 5.25. The molecule has 3 rings (SSSR count). The first kappa shape index (κ1) is 18.3. The summed E-state index contributed by atoms with van der Waals surface area (Å²) in [5.74, 6) is 1.12. The van der Waals surface area contributed by atoms with Gasteiger partial charge in [0.05, 0.1) is 6.61 Å². The molecule has 0 aromatic carbocycles. The van der Waals surface area contributed by atoms with Gasteiger partial charge in [0, 0.05) is 29.7 Å². The number of nitrogens with one attached hydrogen (secondary N) is 1. The number of nitrogens with zero attached hydrogens (tertiary/aromatic N) is 2. The molecule has 1 aliphatic carbocycles. The number of hydrogen-bond acceptors (Lipinski definition) is 4. The summed E-state index contributed by atoms with van der Waals surface area (Å²) in [6.45, 7) is 3.71. The van der Waals surface area contributed by atoms with Gasteiger partial charge in [-0.1, -0.05) is 0 Å². The molecule has 7 heteroatoms. The van der Waals surface area contributed by atoms with E-state index < -0.39 is 6.10 Å². The summed E-state index contributed by atoms with van der Waals surface area (Å²) < 4.78 is 6.53. The first-order valence-corrected chi connectivity index (χ1v) is 9.65. The van der Waals surface area contributed by atoms with Crippen LogP contribution in [0.15, 0.2) is 22.8 Å². The lowest BCUT2D eigenvalue weighted by Crippen LogP contribution is -2.45. The molecule has 2 heterocycles. The molecule has 1 atom stereocenters. The highest BCUT2D eigenvalue weighted by Gasteiger charge is 2.31. The second-order valence-electron chi connectivity index (χ2n) is 6.87. The molecule has 0 spiro atoms. The minimum Gasteiger partial charge on any atom is -0.368 e. The first-order chi connectivity index (χ1) is 12.0. The van der Waals surface area contributed by atoms with E-state index in [0.29, 0.717) is 44.3 Å². The maximum absolute atomic E-state index is 12.4. The molecule has 6 nitrogen and oxygen atoms in total. The van der Waals surface area contributed by atoms with Gasteiger partial charge >= 0.3 is 0 Å². The molecule has 1 N–H and O–H groups in total. The number of pyridine rings is 1. The Balaban J connectivity index is 1.43. The lowest BCUT2D eigenvalue weighted by atomic mass is 9.95. The normalized spacial score (nSPS) is 19.5. The van der Waals surface area contributed by atoms with Crippen LogP contribution in [-0.4, -0.2) is 47.5 Å². The van der Waals surface area contributed by atoms with Gasteiger partial charge in [-0.3, -0.25) is 9.59 Å². The van der Waals surface area contributed by atoms with Crippen molar-refractivity contribution in [2.45, 2.75) is 38.7 Å². The predicted octanol–water partition coefficient (Wildman–Crippen LogP) is 2.84. The molecule has 1 unspecified atom stereocenters. The highest BCUT2D eigenvalue weighted by molar-refractivity contribution is 9.10. The van der Waals surface area contributed by atoms with Gasteiger partial charge in [0.25, 0.3) is 5.91 Å². The van der Waals surface area contributed by atoms with Crippen LogP contribution in [0.3, 0.4) is 0 Å². The number of carbonyl (C=O) groups excluding carboxylic acids is 2. The van der Waals surface area contributed by atoms with Crippen LogP contribution in [0.1, 0.15) is 32.6 Å². The van der Waals surface area contributed by atoms with Gasteiger partial charge in [-0.15, -0.1) is 0 Å². The van der Waals surface area contributed by atoms with Crippen molar-refractivity contribution in [1.82, 2.24) is 9.88 Å². The summed E-state index contributed by atoms with van der Waals surface area (Å²) in [6.07, 6.45) is 5.04. The van der Waals surface area contributed by atoms with Gasteiger partial charge in [0.15, 0.2) is 0 Å². The van der Waals surface area contributed by atoms with Crippen LogP contribution >= 0.6 is 15.9 Å². The Hall–Kier alpha value is -1.47. The predicted molar refractivity (Wildman–Crippen MR) is 98.0 cm³/mol. The van der Waals surface area contributed by atoms with E-state index in [1.807, 2.05) is 17.9 Å². The third-order valence-electron chi connectivity index (χ3n) is 4.78. The number of aromatic nitrogens is 1. The number of amides is 2. The van der Waals surface area contributed by atoms with Crippen molar-refractivity contribution in [2.24, 2.45) is 11.8 Å². The molecule has 1 aliphatic heterocycles. The molecule has 1 aromatic heterocycles. The molecule has 1 saturated heterocycles. The van der Waals surface area contributed by atoms with Crippen LogP contribution in [0.2, 0.25) is 0 Å². The van der Waals surface area contributed by atoms with Crippen LogP contribution in [0, 0.1) is 11.8 Å². The van der Waals surface area contributed by atoms with E-state index in [0.717, 1.165) is 4.47 Å². The zero-order valence-electron chi connectivity index (χ0n) is 14.4. The van der Waals surface area contributed by atoms with Crippen LogP contribution in [0.25, 0.3) is 0 Å². The van der Waals surface area contributed by atoms with E-state index in [4.69, 9.17) is 4.74 Å². The fourth-order valence-corrected chi connectivity index (χ4v) is 3.17. The fraction of sp³-hybridized carbons (Fsp3) is 0.611. The van der Waals surface area contributed by atoms with Crippen molar-refractivity contribution in [1.29, 1.82) is 0 Å². The minimum atomic E-state index is -0.391. The molecule has 136 valence electrons. The van der Waals surface area contributed by atoms with Gasteiger partial charge < -0.3 is 15.0 Å². The Morgan fingerprint density at radius 3 is 2.64 bits per heavy atom. The quantitative estimate of drug-likeness (QED) is 0.783. The largest absolute Gasteiger partial charge is 0.368 e. The molecule has 2 fully saturated rings. The van der Waals surface area contributed by atoms with Crippen LogP contribution in [0.5, 0.6) is 0 Å². The number of rotatable bonds is 6. The second kappa shape index (κ2) is 8.27. The average Bonchev–Trinajstić information content (AvgIpc) is 3.45. The van der Waals surface area contributed by atoms with E-state index >= 15 is 0 Å². The maximum atomic E-state index is 12.4. The van der Waals surface area contributed by atoms with Gasteiger partial charge in [0.1, 0.15) is 11.9 Å². The summed E-state index contributed by atoms with van der Waals surface area (Å²) >= 11 is 3.32. The molecule has 0 radical (unpaired) electrons. The molecule has 1 aromatic rings. The second-order valence-corrected chi connectivity index (χ2v) is 7.79. The topological polar surface area (TPSA) is 71.5 Å².